The average molecular weight is 307 g/mol. The summed E-state index contributed by atoms with van der Waals surface area (Å²) < 4.78 is 5.56. The van der Waals surface area contributed by atoms with Crippen molar-refractivity contribution >= 4 is 17.4 Å². The lowest BCUT2D eigenvalue weighted by atomic mass is 10.1. The number of rotatable bonds is 5. The molecule has 21 heavy (non-hydrogen) atoms. The summed E-state index contributed by atoms with van der Waals surface area (Å²) in [6.07, 6.45) is 0.878. The fourth-order valence-electron chi connectivity index (χ4n) is 2.12. The van der Waals surface area contributed by atoms with Gasteiger partial charge in [-0.05, 0) is 36.9 Å². The molecule has 0 aliphatic rings. The van der Waals surface area contributed by atoms with Gasteiger partial charge >= 0.3 is 0 Å². The summed E-state index contributed by atoms with van der Waals surface area (Å²) >= 11 is 1.33. The highest BCUT2D eigenvalue weighted by atomic mass is 32.1. The van der Waals surface area contributed by atoms with Crippen LogP contribution in [0.2, 0.25) is 0 Å². The standard InChI is InChI=1S/C14H21N5OS/c1-9(2)6-11-7-12(19(5)16-11)14(20)18(4)8-13-10(3)15-17-21-13/h7,9H,6,8H2,1-5H3. The van der Waals surface area contributed by atoms with Crippen LogP contribution in [-0.2, 0) is 20.0 Å². The minimum absolute atomic E-state index is 0.0344. The molecule has 0 unspecified atom stereocenters. The molecule has 1 amide bonds. The molecule has 0 radical (unpaired) electrons. The van der Waals surface area contributed by atoms with Crippen LogP contribution < -0.4 is 0 Å². The zero-order valence-electron chi connectivity index (χ0n) is 13.1. The lowest BCUT2D eigenvalue weighted by Crippen LogP contribution is -2.28. The fraction of sp³-hybridized carbons (Fsp3) is 0.571. The second-order valence-corrected chi connectivity index (χ2v) is 6.52. The number of carbonyl (C=O) groups is 1. The third-order valence-electron chi connectivity index (χ3n) is 3.24. The molecule has 2 rings (SSSR count). The maximum atomic E-state index is 12.5. The van der Waals surface area contributed by atoms with E-state index >= 15 is 0 Å². The number of amides is 1. The Hall–Kier alpha value is -1.76. The van der Waals surface area contributed by atoms with Gasteiger partial charge in [0.05, 0.1) is 22.8 Å². The van der Waals surface area contributed by atoms with E-state index in [1.54, 1.807) is 16.6 Å². The average Bonchev–Trinajstić information content (AvgIpc) is 2.95. The molecule has 0 bridgehead atoms. The molecular formula is C14H21N5OS. The first-order valence-electron chi connectivity index (χ1n) is 6.94. The molecule has 0 spiro atoms. The second-order valence-electron chi connectivity index (χ2n) is 5.69. The molecule has 6 nitrogen and oxygen atoms in total. The normalized spacial score (nSPS) is 11.1. The van der Waals surface area contributed by atoms with E-state index in [1.165, 1.54) is 11.5 Å². The van der Waals surface area contributed by atoms with Gasteiger partial charge < -0.3 is 4.90 Å². The molecule has 0 N–H and O–H groups in total. The Balaban J connectivity index is 2.12. The SMILES string of the molecule is Cc1nnsc1CN(C)C(=O)c1cc(CC(C)C)nn1C. The maximum absolute atomic E-state index is 12.5. The van der Waals surface area contributed by atoms with E-state index in [4.69, 9.17) is 0 Å². The highest BCUT2D eigenvalue weighted by Gasteiger charge is 2.19. The minimum Gasteiger partial charge on any atom is -0.335 e. The summed E-state index contributed by atoms with van der Waals surface area (Å²) in [7, 11) is 3.60. The van der Waals surface area contributed by atoms with E-state index in [2.05, 4.69) is 28.5 Å². The first-order chi connectivity index (χ1) is 9.88. The van der Waals surface area contributed by atoms with Crippen LogP contribution in [0.15, 0.2) is 6.07 Å². The quantitative estimate of drug-likeness (QED) is 0.848. The molecule has 0 fully saturated rings. The Morgan fingerprint density at radius 2 is 2.19 bits per heavy atom. The van der Waals surface area contributed by atoms with E-state index in [-0.39, 0.29) is 5.91 Å². The van der Waals surface area contributed by atoms with Crippen molar-refractivity contribution in [3.63, 3.8) is 0 Å². The van der Waals surface area contributed by atoms with Crippen molar-refractivity contribution in [1.82, 2.24) is 24.3 Å². The first kappa shape index (κ1) is 15.6. The van der Waals surface area contributed by atoms with Crippen LogP contribution in [0.3, 0.4) is 0 Å². The van der Waals surface area contributed by atoms with Gasteiger partial charge in [0.25, 0.3) is 5.91 Å². The van der Waals surface area contributed by atoms with Gasteiger partial charge in [-0.15, -0.1) is 5.10 Å². The van der Waals surface area contributed by atoms with Gasteiger partial charge in [0.1, 0.15) is 5.69 Å². The van der Waals surface area contributed by atoms with Crippen molar-refractivity contribution in [2.45, 2.75) is 33.7 Å². The van der Waals surface area contributed by atoms with Crippen LogP contribution in [0.25, 0.3) is 0 Å². The van der Waals surface area contributed by atoms with Crippen molar-refractivity contribution < 1.29 is 4.79 Å². The summed E-state index contributed by atoms with van der Waals surface area (Å²) in [5.74, 6) is 0.485. The van der Waals surface area contributed by atoms with E-state index in [9.17, 15) is 4.79 Å². The molecule has 2 aromatic heterocycles. The number of hydrogen-bond donors (Lipinski definition) is 0. The van der Waals surface area contributed by atoms with Crippen LogP contribution >= 0.6 is 11.5 Å². The maximum Gasteiger partial charge on any atom is 0.272 e. The Labute approximate surface area is 128 Å². The second kappa shape index (κ2) is 6.34. The van der Waals surface area contributed by atoms with Crippen molar-refractivity contribution in [2.75, 3.05) is 7.05 Å². The van der Waals surface area contributed by atoms with Gasteiger partial charge in [-0.1, -0.05) is 18.3 Å². The predicted molar refractivity (Wildman–Crippen MR) is 82.2 cm³/mol. The molecule has 0 saturated heterocycles. The zero-order chi connectivity index (χ0) is 15.6. The number of carbonyl (C=O) groups excluding carboxylic acids is 1. The van der Waals surface area contributed by atoms with Crippen LogP contribution in [0.4, 0.5) is 0 Å². The Morgan fingerprint density at radius 3 is 2.76 bits per heavy atom. The first-order valence-corrected chi connectivity index (χ1v) is 7.72. The molecule has 2 aromatic rings. The molecule has 7 heteroatoms. The lowest BCUT2D eigenvalue weighted by molar-refractivity contribution is 0.0775. The highest BCUT2D eigenvalue weighted by molar-refractivity contribution is 7.05. The summed E-state index contributed by atoms with van der Waals surface area (Å²) in [5.41, 5.74) is 2.45. The molecule has 2 heterocycles. The molecule has 114 valence electrons. The molecule has 0 aromatic carbocycles. The van der Waals surface area contributed by atoms with Crippen molar-refractivity contribution in [1.29, 1.82) is 0 Å². The third kappa shape index (κ3) is 3.66. The highest BCUT2D eigenvalue weighted by Crippen LogP contribution is 2.15. The van der Waals surface area contributed by atoms with Crippen molar-refractivity contribution in [3.05, 3.63) is 28.0 Å². The van der Waals surface area contributed by atoms with E-state index in [1.807, 2.05) is 20.0 Å². The van der Waals surface area contributed by atoms with Crippen molar-refractivity contribution in [3.8, 4) is 0 Å². The van der Waals surface area contributed by atoms with Gasteiger partial charge in [-0.25, -0.2) is 0 Å². The van der Waals surface area contributed by atoms with Crippen molar-refractivity contribution in [2.24, 2.45) is 13.0 Å². The number of aromatic nitrogens is 4. The Bertz CT molecular complexity index is 631. The van der Waals surface area contributed by atoms with E-state index < -0.39 is 0 Å². The predicted octanol–water partition coefficient (Wildman–Crippen LogP) is 2.05. The summed E-state index contributed by atoms with van der Waals surface area (Å²) in [6.45, 7) is 6.71. The van der Waals surface area contributed by atoms with E-state index in [0.29, 0.717) is 18.2 Å². The molecule has 0 aliphatic carbocycles. The van der Waals surface area contributed by atoms with Gasteiger partial charge in [0.15, 0.2) is 0 Å². The van der Waals surface area contributed by atoms with Gasteiger partial charge in [0.2, 0.25) is 0 Å². The summed E-state index contributed by atoms with van der Waals surface area (Å²) in [6, 6.07) is 1.89. The van der Waals surface area contributed by atoms with Crippen LogP contribution in [0.1, 0.15) is 40.6 Å². The Morgan fingerprint density at radius 1 is 1.48 bits per heavy atom. The monoisotopic (exact) mass is 307 g/mol. The zero-order valence-corrected chi connectivity index (χ0v) is 13.9. The minimum atomic E-state index is -0.0344. The van der Waals surface area contributed by atoms with Crippen LogP contribution in [0, 0.1) is 12.8 Å². The molecule has 0 atom stereocenters. The lowest BCUT2D eigenvalue weighted by Gasteiger charge is -2.15. The van der Waals surface area contributed by atoms with Crippen LogP contribution in [0.5, 0.6) is 0 Å². The number of hydrogen-bond acceptors (Lipinski definition) is 5. The Kier molecular flexibility index (Phi) is 4.72. The summed E-state index contributed by atoms with van der Waals surface area (Å²) in [4.78, 5) is 15.2. The van der Waals surface area contributed by atoms with Crippen LogP contribution in [-0.4, -0.2) is 37.2 Å². The van der Waals surface area contributed by atoms with E-state index in [0.717, 1.165) is 22.7 Å². The number of nitrogens with zero attached hydrogens (tertiary/aromatic N) is 5. The molecule has 0 saturated carbocycles. The van der Waals surface area contributed by atoms with Gasteiger partial charge in [0, 0.05) is 14.1 Å². The van der Waals surface area contributed by atoms with Gasteiger partial charge in [-0.3, -0.25) is 9.48 Å². The number of aryl methyl sites for hydroxylation is 2. The summed E-state index contributed by atoms with van der Waals surface area (Å²) in [5, 5.41) is 8.39. The molecular weight excluding hydrogens is 286 g/mol. The van der Waals surface area contributed by atoms with Gasteiger partial charge in [-0.2, -0.15) is 5.10 Å². The largest absolute Gasteiger partial charge is 0.335 e. The topological polar surface area (TPSA) is 63.9 Å². The fourth-order valence-corrected chi connectivity index (χ4v) is 2.81. The smallest absolute Gasteiger partial charge is 0.272 e. The third-order valence-corrected chi connectivity index (χ3v) is 4.05. The molecule has 0 aliphatic heterocycles.